The van der Waals surface area contributed by atoms with Crippen molar-refractivity contribution in [2.45, 2.75) is 44.4 Å². The molecule has 2 N–H and O–H groups in total. The summed E-state index contributed by atoms with van der Waals surface area (Å²) in [5.74, 6) is -0.470. The molecule has 2 aromatic carbocycles. The fourth-order valence-corrected chi connectivity index (χ4v) is 4.61. The Morgan fingerprint density at radius 2 is 1.74 bits per heavy atom. The van der Waals surface area contributed by atoms with Gasteiger partial charge < -0.3 is 4.74 Å². The number of carbonyl (C=O) groups is 2. The van der Waals surface area contributed by atoms with Crippen LogP contribution in [0.15, 0.2) is 42.5 Å². The monoisotopic (exact) mass is 385 g/mol. The van der Waals surface area contributed by atoms with Crippen LogP contribution >= 0.6 is 9.24 Å². The van der Waals surface area contributed by atoms with Crippen molar-refractivity contribution in [3.63, 3.8) is 0 Å². The minimum absolute atomic E-state index is 0.250. The van der Waals surface area contributed by atoms with Gasteiger partial charge in [-0.2, -0.15) is 0 Å². The zero-order valence-corrected chi connectivity index (χ0v) is 16.5. The van der Waals surface area contributed by atoms with Crippen LogP contribution in [0.5, 0.6) is 5.75 Å². The Morgan fingerprint density at radius 1 is 1.07 bits per heavy atom. The van der Waals surface area contributed by atoms with E-state index in [9.17, 15) is 9.59 Å². The summed E-state index contributed by atoms with van der Waals surface area (Å²) in [6, 6.07) is 12.2. The molecule has 6 heteroatoms. The number of esters is 1. The standard InChI is InChI=1S/C21H24NO4P/c1-14-6-5-7-17(27)18(14)21(12-3-2-4-13-21)20(24)26-16-10-8-15(9-11-16)19(23)22-25/h5-11,25H,2-4,12-13,27H2,1H3,(H,22,23). The molecular formula is C21H24NO4P. The Morgan fingerprint density at radius 3 is 2.33 bits per heavy atom. The molecule has 0 radical (unpaired) electrons. The molecule has 0 aromatic heterocycles. The lowest BCUT2D eigenvalue weighted by Gasteiger charge is -2.37. The number of hydroxylamine groups is 1. The molecule has 1 saturated carbocycles. The molecule has 1 unspecified atom stereocenters. The first kappa shape index (κ1) is 19.5. The van der Waals surface area contributed by atoms with E-state index in [1.807, 2.05) is 25.1 Å². The number of ether oxygens (including phenoxy) is 1. The maximum atomic E-state index is 13.3. The van der Waals surface area contributed by atoms with Gasteiger partial charge in [-0.3, -0.25) is 14.8 Å². The van der Waals surface area contributed by atoms with Gasteiger partial charge in [-0.25, -0.2) is 5.48 Å². The Balaban J connectivity index is 1.92. The third-order valence-corrected chi connectivity index (χ3v) is 5.79. The van der Waals surface area contributed by atoms with Gasteiger partial charge in [0, 0.05) is 5.56 Å². The summed E-state index contributed by atoms with van der Waals surface area (Å²) >= 11 is 0. The number of aryl methyl sites for hydroxylation is 1. The van der Waals surface area contributed by atoms with E-state index in [0.29, 0.717) is 5.75 Å². The predicted molar refractivity (Wildman–Crippen MR) is 107 cm³/mol. The van der Waals surface area contributed by atoms with Crippen molar-refractivity contribution in [2.24, 2.45) is 0 Å². The van der Waals surface area contributed by atoms with Crippen molar-refractivity contribution in [3.8, 4) is 5.75 Å². The minimum Gasteiger partial charge on any atom is -0.426 e. The quantitative estimate of drug-likeness (QED) is 0.278. The molecule has 0 heterocycles. The van der Waals surface area contributed by atoms with E-state index in [-0.39, 0.29) is 11.5 Å². The lowest BCUT2D eigenvalue weighted by atomic mass is 9.68. The van der Waals surface area contributed by atoms with Gasteiger partial charge in [0.25, 0.3) is 5.91 Å². The Labute approximate surface area is 161 Å². The first-order chi connectivity index (χ1) is 13.0. The summed E-state index contributed by atoms with van der Waals surface area (Å²) in [7, 11) is 2.75. The SMILES string of the molecule is Cc1cccc(P)c1C1(C(=O)Oc2ccc(C(=O)NO)cc2)CCCCC1. The average molecular weight is 385 g/mol. The van der Waals surface area contributed by atoms with E-state index in [0.717, 1.165) is 48.5 Å². The van der Waals surface area contributed by atoms with Crippen LogP contribution in [0.2, 0.25) is 0 Å². The van der Waals surface area contributed by atoms with Crippen LogP contribution in [-0.2, 0) is 10.2 Å². The van der Waals surface area contributed by atoms with Crippen molar-refractivity contribution in [3.05, 3.63) is 59.2 Å². The van der Waals surface area contributed by atoms with Crippen LogP contribution in [0, 0.1) is 6.92 Å². The van der Waals surface area contributed by atoms with Gasteiger partial charge in [-0.05, 0) is 60.5 Å². The Kier molecular flexibility index (Phi) is 5.93. The van der Waals surface area contributed by atoms with Crippen LogP contribution in [0.25, 0.3) is 0 Å². The molecule has 3 rings (SSSR count). The molecular weight excluding hydrogens is 361 g/mol. The first-order valence-corrected chi connectivity index (χ1v) is 9.68. The summed E-state index contributed by atoms with van der Waals surface area (Å²) in [5.41, 5.74) is 3.37. The molecule has 27 heavy (non-hydrogen) atoms. The van der Waals surface area contributed by atoms with Crippen molar-refractivity contribution >= 4 is 26.4 Å². The van der Waals surface area contributed by atoms with E-state index in [2.05, 4.69) is 9.24 Å². The minimum atomic E-state index is -0.651. The van der Waals surface area contributed by atoms with Crippen LogP contribution in [-0.4, -0.2) is 17.1 Å². The molecule has 1 amide bonds. The zero-order chi connectivity index (χ0) is 19.4. The number of amides is 1. The smallest absolute Gasteiger partial charge is 0.321 e. The normalized spacial score (nSPS) is 15.8. The van der Waals surface area contributed by atoms with E-state index in [4.69, 9.17) is 9.94 Å². The second-order valence-corrected chi connectivity index (χ2v) is 7.66. The zero-order valence-electron chi connectivity index (χ0n) is 15.3. The summed E-state index contributed by atoms with van der Waals surface area (Å²) in [6.45, 7) is 2.04. The van der Waals surface area contributed by atoms with Crippen LogP contribution in [0.3, 0.4) is 0 Å². The molecule has 0 saturated heterocycles. The van der Waals surface area contributed by atoms with Crippen molar-refractivity contribution in [2.75, 3.05) is 0 Å². The summed E-state index contributed by atoms with van der Waals surface area (Å²) < 4.78 is 5.75. The largest absolute Gasteiger partial charge is 0.426 e. The van der Waals surface area contributed by atoms with E-state index in [1.165, 1.54) is 12.1 Å². The molecule has 0 bridgehead atoms. The highest BCUT2D eigenvalue weighted by atomic mass is 31.0. The highest BCUT2D eigenvalue weighted by Gasteiger charge is 2.44. The average Bonchev–Trinajstić information content (AvgIpc) is 2.68. The highest BCUT2D eigenvalue weighted by molar-refractivity contribution is 7.27. The van der Waals surface area contributed by atoms with Gasteiger partial charge in [0.2, 0.25) is 0 Å². The predicted octanol–water partition coefficient (Wildman–Crippen LogP) is 3.42. The molecule has 2 aromatic rings. The highest BCUT2D eigenvalue weighted by Crippen LogP contribution is 2.42. The summed E-state index contributed by atoms with van der Waals surface area (Å²) in [4.78, 5) is 24.8. The Bertz CT molecular complexity index is 822. The van der Waals surface area contributed by atoms with Gasteiger partial charge in [-0.1, -0.05) is 37.5 Å². The van der Waals surface area contributed by atoms with Gasteiger partial charge >= 0.3 is 5.97 Å². The van der Waals surface area contributed by atoms with E-state index in [1.54, 1.807) is 17.6 Å². The third-order valence-electron chi connectivity index (χ3n) is 5.31. The topological polar surface area (TPSA) is 75.6 Å². The lowest BCUT2D eigenvalue weighted by molar-refractivity contribution is -0.142. The molecule has 1 aliphatic rings. The first-order valence-electron chi connectivity index (χ1n) is 9.10. The number of hydrogen-bond acceptors (Lipinski definition) is 4. The number of carbonyl (C=O) groups excluding carboxylic acids is 2. The maximum absolute atomic E-state index is 13.3. The van der Waals surface area contributed by atoms with Crippen molar-refractivity contribution < 1.29 is 19.5 Å². The molecule has 142 valence electrons. The fraction of sp³-hybridized carbons (Fsp3) is 0.333. The number of nitrogens with one attached hydrogen (secondary N) is 1. The number of benzene rings is 2. The van der Waals surface area contributed by atoms with E-state index < -0.39 is 11.3 Å². The number of rotatable bonds is 4. The molecule has 1 fully saturated rings. The lowest BCUT2D eigenvalue weighted by Crippen LogP contribution is -2.44. The fourth-order valence-electron chi connectivity index (χ4n) is 4.00. The molecule has 0 aliphatic heterocycles. The summed E-state index contributed by atoms with van der Waals surface area (Å²) in [5, 5.41) is 9.73. The number of hydrogen-bond donors (Lipinski definition) is 2. The Hall–Kier alpha value is -2.23. The second-order valence-electron chi connectivity index (χ2n) is 7.04. The maximum Gasteiger partial charge on any atom is 0.321 e. The van der Waals surface area contributed by atoms with Crippen LogP contribution in [0.1, 0.15) is 53.6 Å². The van der Waals surface area contributed by atoms with Gasteiger partial charge in [-0.15, -0.1) is 9.24 Å². The molecule has 5 nitrogen and oxygen atoms in total. The van der Waals surface area contributed by atoms with Gasteiger partial charge in [0.1, 0.15) is 5.75 Å². The molecule has 1 aliphatic carbocycles. The molecule has 1 atom stereocenters. The van der Waals surface area contributed by atoms with Crippen molar-refractivity contribution in [1.82, 2.24) is 5.48 Å². The second kappa shape index (κ2) is 8.20. The van der Waals surface area contributed by atoms with Gasteiger partial charge in [0.05, 0.1) is 5.41 Å². The van der Waals surface area contributed by atoms with Gasteiger partial charge in [0.15, 0.2) is 0 Å². The summed E-state index contributed by atoms with van der Waals surface area (Å²) in [6.07, 6.45) is 4.64. The molecule has 0 spiro atoms. The van der Waals surface area contributed by atoms with E-state index >= 15 is 0 Å². The van der Waals surface area contributed by atoms with Crippen LogP contribution < -0.4 is 15.5 Å². The van der Waals surface area contributed by atoms with Crippen molar-refractivity contribution in [1.29, 1.82) is 0 Å². The van der Waals surface area contributed by atoms with Crippen LogP contribution in [0.4, 0.5) is 0 Å². The third kappa shape index (κ3) is 3.90.